The highest BCUT2D eigenvalue weighted by atomic mass is 16.3. The van der Waals surface area contributed by atoms with Gasteiger partial charge in [0.2, 0.25) is 29.5 Å². The van der Waals surface area contributed by atoms with Crippen LogP contribution in [0, 0.1) is 5.92 Å². The average molecular weight is 725 g/mol. The first-order valence-corrected chi connectivity index (χ1v) is 19.9. The molecule has 0 heterocycles. The lowest BCUT2D eigenvalue weighted by Gasteiger charge is -2.40. The lowest BCUT2D eigenvalue weighted by molar-refractivity contribution is -0.150. The number of carbonyl (C=O) groups excluding carboxylic acids is 5. The smallest absolute Gasteiger partial charge is 0.246 e. The van der Waals surface area contributed by atoms with Crippen LogP contribution in [-0.4, -0.2) is 106 Å². The Morgan fingerprint density at radius 1 is 0.769 bits per heavy atom. The molecule has 0 aromatic heterocycles. The van der Waals surface area contributed by atoms with E-state index in [1.807, 2.05) is 13.8 Å². The number of aromatic hydroxyl groups is 1. The van der Waals surface area contributed by atoms with Gasteiger partial charge < -0.3 is 36.2 Å². The van der Waals surface area contributed by atoms with Gasteiger partial charge in [-0.15, -0.1) is 0 Å². The molecule has 1 aromatic carbocycles. The number of hydrogen-bond acceptors (Lipinski definition) is 7. The van der Waals surface area contributed by atoms with Gasteiger partial charge >= 0.3 is 0 Å². The Morgan fingerprint density at radius 3 is 1.83 bits per heavy atom. The van der Waals surface area contributed by atoms with Crippen LogP contribution >= 0.6 is 0 Å². The maximum absolute atomic E-state index is 14.7. The molecule has 2 atom stereocenters. The van der Waals surface area contributed by atoms with Gasteiger partial charge in [-0.3, -0.25) is 24.0 Å². The molecule has 4 rings (SSSR count). The summed E-state index contributed by atoms with van der Waals surface area (Å²) in [5.74, 6) is -1.60. The molecular weight excluding hydrogens is 660 g/mol. The second-order valence-electron chi connectivity index (χ2n) is 15.8. The number of nitrogens with zero attached hydrogens (tertiary/aromatic N) is 3. The molecule has 3 aliphatic carbocycles. The Bertz CT molecular complexity index is 1320. The Labute approximate surface area is 310 Å². The second-order valence-corrected chi connectivity index (χ2v) is 15.8. The van der Waals surface area contributed by atoms with Gasteiger partial charge in [-0.2, -0.15) is 0 Å². The third kappa shape index (κ3) is 12.5. The average Bonchev–Trinajstić information content (AvgIpc) is 3.15. The molecule has 5 N–H and O–H groups in total. The molecule has 0 radical (unpaired) electrons. The van der Waals surface area contributed by atoms with E-state index < -0.39 is 18.0 Å². The molecule has 3 aliphatic rings. The highest BCUT2D eigenvalue weighted by Crippen LogP contribution is 2.27. The summed E-state index contributed by atoms with van der Waals surface area (Å²) in [4.78, 5) is 73.4. The fourth-order valence-corrected chi connectivity index (χ4v) is 8.23. The molecule has 12 heteroatoms. The van der Waals surface area contributed by atoms with E-state index in [1.165, 1.54) is 11.3 Å². The molecule has 0 spiro atoms. The standard InChI is InChI=1S/C40H64N6O6/c1-28(2)23-35(39(41)51)44(3)37(49)26-45(31-15-9-5-10-16-31)38(50)27-46(32-17-11-6-12-18-32)40(52)34(24-29-19-21-33(47)22-20-29)43-36(48)25-42-30-13-7-4-8-14-30/h19-22,28,30-32,34-35,42,47H,4-18,23-27H2,1-3H3,(H2,41,51)(H,43,48)/t34-,35-/m1/s1. The van der Waals surface area contributed by atoms with E-state index in [9.17, 15) is 29.1 Å². The van der Waals surface area contributed by atoms with Crippen molar-refractivity contribution >= 4 is 29.5 Å². The SMILES string of the molecule is CC(C)C[C@H](C(N)=O)N(C)C(=O)CN(C(=O)CN(C(=O)[C@@H](Cc1ccc(O)cc1)NC(=O)CNC1CCCCC1)C1CCCCC1)C1CCCCC1. The summed E-state index contributed by atoms with van der Waals surface area (Å²) in [6.45, 7) is 3.63. The number of primary amides is 1. The minimum atomic E-state index is -0.928. The maximum atomic E-state index is 14.7. The summed E-state index contributed by atoms with van der Waals surface area (Å²) in [7, 11) is 1.57. The second kappa shape index (κ2) is 20.5. The minimum absolute atomic E-state index is 0.0978. The van der Waals surface area contributed by atoms with E-state index >= 15 is 0 Å². The van der Waals surface area contributed by atoms with Crippen molar-refractivity contribution in [1.29, 1.82) is 0 Å². The van der Waals surface area contributed by atoms with Crippen molar-refractivity contribution in [2.45, 2.75) is 153 Å². The highest BCUT2D eigenvalue weighted by Gasteiger charge is 2.37. The van der Waals surface area contributed by atoms with Crippen LogP contribution in [0.25, 0.3) is 0 Å². The predicted octanol–water partition coefficient (Wildman–Crippen LogP) is 4.02. The first-order chi connectivity index (χ1) is 24.9. The number of amides is 5. The number of nitrogens with one attached hydrogen (secondary N) is 2. The van der Waals surface area contributed by atoms with E-state index in [1.54, 1.807) is 41.1 Å². The van der Waals surface area contributed by atoms with Gasteiger partial charge in [0.15, 0.2) is 0 Å². The largest absolute Gasteiger partial charge is 0.508 e. The predicted molar refractivity (Wildman–Crippen MR) is 201 cm³/mol. The normalized spacial score (nSPS) is 18.7. The summed E-state index contributed by atoms with van der Waals surface area (Å²) in [6, 6.07) is 4.83. The van der Waals surface area contributed by atoms with Crippen molar-refractivity contribution in [1.82, 2.24) is 25.3 Å². The zero-order valence-electron chi connectivity index (χ0n) is 31.8. The fraction of sp³-hybridized carbons (Fsp3) is 0.725. The number of nitrogens with two attached hydrogens (primary N) is 1. The summed E-state index contributed by atoms with van der Waals surface area (Å²) >= 11 is 0. The van der Waals surface area contributed by atoms with Gasteiger partial charge in [-0.25, -0.2) is 0 Å². The third-order valence-corrected chi connectivity index (χ3v) is 11.3. The third-order valence-electron chi connectivity index (χ3n) is 11.3. The monoisotopic (exact) mass is 724 g/mol. The van der Waals surface area contributed by atoms with E-state index in [0.717, 1.165) is 95.5 Å². The van der Waals surface area contributed by atoms with Crippen molar-refractivity contribution < 1.29 is 29.1 Å². The topological polar surface area (TPSA) is 165 Å². The zero-order chi connectivity index (χ0) is 37.6. The molecule has 12 nitrogen and oxygen atoms in total. The van der Waals surface area contributed by atoms with Gasteiger partial charge in [0.1, 0.15) is 30.9 Å². The molecule has 5 amide bonds. The van der Waals surface area contributed by atoms with Crippen LogP contribution in [0.15, 0.2) is 24.3 Å². The van der Waals surface area contributed by atoms with Crippen molar-refractivity contribution in [3.63, 3.8) is 0 Å². The number of likely N-dealkylation sites (N-methyl/N-ethyl adjacent to an activating group) is 1. The summed E-state index contributed by atoms with van der Waals surface area (Å²) in [5.41, 5.74) is 6.49. The van der Waals surface area contributed by atoms with Crippen LogP contribution < -0.4 is 16.4 Å². The van der Waals surface area contributed by atoms with Crippen molar-refractivity contribution in [3.8, 4) is 5.75 Å². The number of phenolic OH excluding ortho intramolecular Hbond substituents is 1. The highest BCUT2D eigenvalue weighted by molar-refractivity contribution is 5.93. The molecule has 52 heavy (non-hydrogen) atoms. The summed E-state index contributed by atoms with van der Waals surface area (Å²) < 4.78 is 0. The molecule has 0 bridgehead atoms. The van der Waals surface area contributed by atoms with Crippen molar-refractivity contribution in [3.05, 3.63) is 29.8 Å². The maximum Gasteiger partial charge on any atom is 0.246 e. The Kier molecular flexibility index (Phi) is 16.2. The summed E-state index contributed by atoms with van der Waals surface area (Å²) in [5, 5.41) is 16.3. The van der Waals surface area contributed by atoms with E-state index in [-0.39, 0.29) is 79.5 Å². The van der Waals surface area contributed by atoms with Crippen LogP contribution in [0.4, 0.5) is 0 Å². The van der Waals surface area contributed by atoms with E-state index in [2.05, 4.69) is 10.6 Å². The van der Waals surface area contributed by atoms with Crippen LogP contribution in [0.3, 0.4) is 0 Å². The summed E-state index contributed by atoms with van der Waals surface area (Å²) in [6.07, 6.45) is 15.0. The van der Waals surface area contributed by atoms with Crippen LogP contribution in [0.2, 0.25) is 0 Å². The van der Waals surface area contributed by atoms with E-state index in [4.69, 9.17) is 5.73 Å². The molecule has 0 aliphatic heterocycles. The number of benzene rings is 1. The number of carbonyl (C=O) groups is 5. The fourth-order valence-electron chi connectivity index (χ4n) is 8.23. The molecular formula is C40H64N6O6. The lowest BCUT2D eigenvalue weighted by Crippen LogP contribution is -2.58. The van der Waals surface area contributed by atoms with Gasteiger partial charge in [0.05, 0.1) is 6.54 Å². The molecule has 290 valence electrons. The number of hydrogen-bond donors (Lipinski definition) is 4. The molecule has 0 unspecified atom stereocenters. The minimum Gasteiger partial charge on any atom is -0.508 e. The van der Waals surface area contributed by atoms with Crippen LogP contribution in [0.1, 0.15) is 122 Å². The lowest BCUT2D eigenvalue weighted by atomic mass is 9.92. The van der Waals surface area contributed by atoms with Gasteiger partial charge in [-0.1, -0.05) is 83.8 Å². The Balaban J connectivity index is 1.58. The first-order valence-electron chi connectivity index (χ1n) is 19.9. The zero-order valence-corrected chi connectivity index (χ0v) is 31.8. The molecule has 3 fully saturated rings. The Hall–Kier alpha value is -3.67. The molecule has 1 aromatic rings. The molecule has 0 saturated heterocycles. The molecule has 3 saturated carbocycles. The Morgan fingerprint density at radius 2 is 1.29 bits per heavy atom. The van der Waals surface area contributed by atoms with Crippen LogP contribution in [0.5, 0.6) is 5.75 Å². The number of rotatable bonds is 17. The van der Waals surface area contributed by atoms with Crippen molar-refractivity contribution in [2.75, 3.05) is 26.7 Å². The van der Waals surface area contributed by atoms with E-state index in [0.29, 0.717) is 6.42 Å². The van der Waals surface area contributed by atoms with Gasteiger partial charge in [-0.05, 0) is 68.6 Å². The van der Waals surface area contributed by atoms with Gasteiger partial charge in [0.25, 0.3) is 0 Å². The van der Waals surface area contributed by atoms with Crippen LogP contribution in [-0.2, 0) is 30.4 Å². The van der Waals surface area contributed by atoms with Gasteiger partial charge in [0, 0.05) is 31.6 Å². The number of phenols is 1. The van der Waals surface area contributed by atoms with Crippen molar-refractivity contribution in [2.24, 2.45) is 11.7 Å². The quantitative estimate of drug-likeness (QED) is 0.188. The first kappa shape index (κ1) is 41.1.